The monoisotopic (exact) mass is 226 g/mol. The van der Waals surface area contributed by atoms with Gasteiger partial charge in [-0.1, -0.05) is 0 Å². The maximum atomic E-state index is 12.3. The Morgan fingerprint density at radius 2 is 1.87 bits per heavy atom. The Morgan fingerprint density at radius 1 is 1.33 bits per heavy atom. The van der Waals surface area contributed by atoms with Crippen molar-refractivity contribution in [2.24, 2.45) is 0 Å². The second kappa shape index (κ2) is 3.63. The van der Waals surface area contributed by atoms with Crippen molar-refractivity contribution < 1.29 is 22.0 Å². The average Bonchev–Trinajstić information content (AvgIpc) is 2.06. The SMILES string of the molecule is Cc1c(C(F)F)cnc(C(F)(F)F)c1N. The highest BCUT2D eigenvalue weighted by molar-refractivity contribution is 5.54. The van der Waals surface area contributed by atoms with Gasteiger partial charge in [0.15, 0.2) is 5.69 Å². The smallest absolute Gasteiger partial charge is 0.397 e. The third-order valence-corrected chi connectivity index (χ3v) is 1.93. The molecule has 2 N–H and O–H groups in total. The number of rotatable bonds is 1. The molecule has 1 rings (SSSR count). The molecule has 0 aliphatic rings. The maximum Gasteiger partial charge on any atom is 0.435 e. The summed E-state index contributed by atoms with van der Waals surface area (Å²) in [5.41, 5.74) is 2.14. The third kappa shape index (κ3) is 2.16. The lowest BCUT2D eigenvalue weighted by atomic mass is 10.1. The number of pyridine rings is 1. The van der Waals surface area contributed by atoms with Crippen molar-refractivity contribution >= 4 is 5.69 Å². The molecule has 0 saturated carbocycles. The van der Waals surface area contributed by atoms with Gasteiger partial charge in [0.1, 0.15) is 0 Å². The minimum Gasteiger partial charge on any atom is -0.397 e. The van der Waals surface area contributed by atoms with Crippen LogP contribution in [-0.2, 0) is 6.18 Å². The van der Waals surface area contributed by atoms with Gasteiger partial charge in [0, 0.05) is 11.8 Å². The van der Waals surface area contributed by atoms with E-state index in [1.165, 1.54) is 0 Å². The molecule has 0 fully saturated rings. The van der Waals surface area contributed by atoms with Gasteiger partial charge < -0.3 is 5.73 Å². The normalized spacial score (nSPS) is 12.2. The Morgan fingerprint density at radius 3 is 2.27 bits per heavy atom. The van der Waals surface area contributed by atoms with Crippen LogP contribution in [0.1, 0.15) is 23.2 Å². The molecular weight excluding hydrogens is 219 g/mol. The second-order valence-electron chi connectivity index (χ2n) is 2.90. The molecule has 0 atom stereocenters. The lowest BCUT2D eigenvalue weighted by Gasteiger charge is -2.13. The summed E-state index contributed by atoms with van der Waals surface area (Å²) in [7, 11) is 0. The molecular formula is C8H7F5N2. The number of nitrogen functional groups attached to an aromatic ring is 1. The van der Waals surface area contributed by atoms with E-state index in [0.29, 0.717) is 6.20 Å². The van der Waals surface area contributed by atoms with E-state index in [4.69, 9.17) is 5.73 Å². The lowest BCUT2D eigenvalue weighted by Crippen LogP contribution is -2.14. The van der Waals surface area contributed by atoms with Crippen LogP contribution in [0, 0.1) is 6.92 Å². The van der Waals surface area contributed by atoms with E-state index in [0.717, 1.165) is 6.92 Å². The number of halogens is 5. The maximum absolute atomic E-state index is 12.3. The standard InChI is InChI=1S/C8H7F5N2/c1-3-4(7(9)10)2-15-6(5(3)14)8(11,12)13/h2,7H,14H2,1H3. The summed E-state index contributed by atoms with van der Waals surface area (Å²) in [6.45, 7) is 1.10. The largest absolute Gasteiger partial charge is 0.435 e. The van der Waals surface area contributed by atoms with Crippen LogP contribution in [0.5, 0.6) is 0 Å². The molecule has 0 spiro atoms. The van der Waals surface area contributed by atoms with Crippen LogP contribution >= 0.6 is 0 Å². The molecule has 0 aliphatic carbocycles. The van der Waals surface area contributed by atoms with E-state index in [1.54, 1.807) is 0 Å². The third-order valence-electron chi connectivity index (χ3n) is 1.93. The van der Waals surface area contributed by atoms with Gasteiger partial charge in [0.25, 0.3) is 6.43 Å². The molecule has 0 aliphatic heterocycles. The van der Waals surface area contributed by atoms with Crippen LogP contribution < -0.4 is 5.73 Å². The molecule has 1 aromatic rings. The van der Waals surface area contributed by atoms with E-state index in [-0.39, 0.29) is 5.56 Å². The van der Waals surface area contributed by atoms with Crippen molar-refractivity contribution in [1.29, 1.82) is 0 Å². The van der Waals surface area contributed by atoms with Gasteiger partial charge in [-0.15, -0.1) is 0 Å². The van der Waals surface area contributed by atoms with Gasteiger partial charge in [-0.2, -0.15) is 13.2 Å². The van der Waals surface area contributed by atoms with Gasteiger partial charge in [0.2, 0.25) is 0 Å². The van der Waals surface area contributed by atoms with Gasteiger partial charge >= 0.3 is 6.18 Å². The highest BCUT2D eigenvalue weighted by Gasteiger charge is 2.36. The van der Waals surface area contributed by atoms with Crippen molar-refractivity contribution in [2.45, 2.75) is 19.5 Å². The van der Waals surface area contributed by atoms with Gasteiger partial charge in [-0.05, 0) is 12.5 Å². The van der Waals surface area contributed by atoms with E-state index in [1.807, 2.05) is 0 Å². The first-order valence-corrected chi connectivity index (χ1v) is 3.85. The molecule has 0 aromatic carbocycles. The summed E-state index contributed by atoms with van der Waals surface area (Å²) in [5, 5.41) is 0. The Kier molecular flexibility index (Phi) is 2.83. The average molecular weight is 226 g/mol. The van der Waals surface area contributed by atoms with Crippen LogP contribution in [0.15, 0.2) is 6.20 Å². The number of alkyl halides is 5. The fraction of sp³-hybridized carbons (Fsp3) is 0.375. The predicted octanol–water partition coefficient (Wildman–Crippen LogP) is 2.93. The fourth-order valence-corrected chi connectivity index (χ4v) is 1.08. The molecule has 84 valence electrons. The van der Waals surface area contributed by atoms with E-state index in [2.05, 4.69) is 4.98 Å². The molecule has 1 aromatic heterocycles. The summed E-state index contributed by atoms with van der Waals surface area (Å²) >= 11 is 0. The summed E-state index contributed by atoms with van der Waals surface area (Å²) in [6, 6.07) is 0. The Balaban J connectivity index is 3.34. The summed E-state index contributed by atoms with van der Waals surface area (Å²) in [4.78, 5) is 2.90. The molecule has 0 unspecified atom stereocenters. The lowest BCUT2D eigenvalue weighted by molar-refractivity contribution is -0.140. The van der Waals surface area contributed by atoms with Crippen molar-refractivity contribution in [1.82, 2.24) is 4.98 Å². The highest BCUT2D eigenvalue weighted by Crippen LogP contribution is 2.35. The Bertz CT molecular complexity index is 372. The molecule has 1 heterocycles. The van der Waals surface area contributed by atoms with Gasteiger partial charge in [-0.3, -0.25) is 0 Å². The van der Waals surface area contributed by atoms with E-state index in [9.17, 15) is 22.0 Å². The first-order chi connectivity index (χ1) is 6.75. The van der Waals surface area contributed by atoms with Crippen molar-refractivity contribution in [3.63, 3.8) is 0 Å². The first kappa shape index (κ1) is 11.7. The van der Waals surface area contributed by atoms with E-state index < -0.39 is 29.5 Å². The van der Waals surface area contributed by atoms with Gasteiger partial charge in [0.05, 0.1) is 5.69 Å². The molecule has 0 bridgehead atoms. The number of hydrogen-bond acceptors (Lipinski definition) is 2. The summed E-state index contributed by atoms with van der Waals surface area (Å²) in [5.74, 6) is 0. The summed E-state index contributed by atoms with van der Waals surface area (Å²) < 4.78 is 61.2. The molecule has 15 heavy (non-hydrogen) atoms. The number of hydrogen-bond donors (Lipinski definition) is 1. The van der Waals surface area contributed by atoms with Crippen molar-refractivity contribution in [3.05, 3.63) is 23.0 Å². The van der Waals surface area contributed by atoms with Crippen LogP contribution in [0.25, 0.3) is 0 Å². The predicted molar refractivity (Wildman–Crippen MR) is 43.3 cm³/mol. The molecule has 0 radical (unpaired) electrons. The molecule has 2 nitrogen and oxygen atoms in total. The van der Waals surface area contributed by atoms with Crippen LogP contribution in [-0.4, -0.2) is 4.98 Å². The Labute approximate surface area is 81.9 Å². The molecule has 0 saturated heterocycles. The van der Waals surface area contributed by atoms with Gasteiger partial charge in [-0.25, -0.2) is 13.8 Å². The van der Waals surface area contributed by atoms with Crippen LogP contribution in [0.3, 0.4) is 0 Å². The zero-order valence-electron chi connectivity index (χ0n) is 7.57. The zero-order valence-corrected chi connectivity index (χ0v) is 7.57. The number of nitrogens with two attached hydrogens (primary N) is 1. The first-order valence-electron chi connectivity index (χ1n) is 3.85. The number of aromatic nitrogens is 1. The fourth-order valence-electron chi connectivity index (χ4n) is 1.08. The minimum absolute atomic E-state index is 0.285. The number of anilines is 1. The highest BCUT2D eigenvalue weighted by atomic mass is 19.4. The summed E-state index contributed by atoms with van der Waals surface area (Å²) in [6.07, 6.45) is -7.11. The second-order valence-corrected chi connectivity index (χ2v) is 2.90. The molecule has 0 amide bonds. The van der Waals surface area contributed by atoms with Crippen molar-refractivity contribution in [3.8, 4) is 0 Å². The quantitative estimate of drug-likeness (QED) is 0.747. The zero-order chi connectivity index (χ0) is 11.8. The minimum atomic E-state index is -4.73. The van der Waals surface area contributed by atoms with Crippen LogP contribution in [0.2, 0.25) is 0 Å². The van der Waals surface area contributed by atoms with E-state index >= 15 is 0 Å². The van der Waals surface area contributed by atoms with Crippen molar-refractivity contribution in [2.75, 3.05) is 5.73 Å². The molecule has 7 heteroatoms. The topological polar surface area (TPSA) is 38.9 Å². The number of nitrogens with zero attached hydrogens (tertiary/aromatic N) is 1. The van der Waals surface area contributed by atoms with Crippen LogP contribution in [0.4, 0.5) is 27.6 Å². The Hall–Kier alpha value is -1.40.